The molecule has 0 N–H and O–H groups in total. The third-order valence-corrected chi connectivity index (χ3v) is 11.5. The molecule has 0 aromatic heterocycles. The summed E-state index contributed by atoms with van der Waals surface area (Å²) in [6.45, 7) is 8.44. The van der Waals surface area contributed by atoms with Crippen LogP contribution in [0.25, 0.3) is 0 Å². The molecule has 5 heteroatoms. The smallest absolute Gasteiger partial charge is 0.377 e. The Kier molecular flexibility index (Phi) is 27.3. The summed E-state index contributed by atoms with van der Waals surface area (Å²) >= 11 is 0. The summed E-state index contributed by atoms with van der Waals surface area (Å²) in [6.07, 6.45) is 32.4. The van der Waals surface area contributed by atoms with Crippen LogP contribution < -0.4 is 0 Å². The maximum absolute atomic E-state index is 5.67. The van der Waals surface area contributed by atoms with Crippen LogP contribution in [0.4, 0.5) is 0 Å². The molecule has 38 heavy (non-hydrogen) atoms. The zero-order valence-corrected chi connectivity index (χ0v) is 28.3. The van der Waals surface area contributed by atoms with Gasteiger partial charge in [-0.2, -0.15) is 0 Å². The number of rotatable bonds is 31. The molecule has 0 aliphatic carbocycles. The molecular formula is C33H72NO3Si+. The first kappa shape index (κ1) is 38.1. The van der Waals surface area contributed by atoms with Crippen LogP contribution in [0, 0.1) is 0 Å². The van der Waals surface area contributed by atoms with Gasteiger partial charge in [-0.1, -0.05) is 129 Å². The number of hydrogen-bond donors (Lipinski definition) is 0. The molecule has 1 atom stereocenters. The molecule has 0 heterocycles. The highest BCUT2D eigenvalue weighted by Crippen LogP contribution is 2.20. The van der Waals surface area contributed by atoms with E-state index >= 15 is 0 Å². The topological polar surface area (TPSA) is 27.7 Å². The van der Waals surface area contributed by atoms with Crippen LogP contribution >= 0.6 is 0 Å². The molecule has 0 radical (unpaired) electrons. The van der Waals surface area contributed by atoms with Crippen molar-refractivity contribution in [1.82, 2.24) is 0 Å². The van der Waals surface area contributed by atoms with Crippen LogP contribution in [0.1, 0.15) is 162 Å². The predicted molar refractivity (Wildman–Crippen MR) is 170 cm³/mol. The highest BCUT2D eigenvalue weighted by molar-refractivity contribution is 6.60. The minimum absolute atomic E-state index is 0.916. The zero-order chi connectivity index (χ0) is 28.2. The van der Waals surface area contributed by atoms with Crippen molar-refractivity contribution in [2.45, 2.75) is 168 Å². The molecule has 0 aromatic carbocycles. The third-order valence-electron chi connectivity index (χ3n) is 8.72. The lowest BCUT2D eigenvalue weighted by Crippen LogP contribution is -2.48. The van der Waals surface area contributed by atoms with E-state index in [2.05, 4.69) is 20.9 Å². The first-order valence-corrected chi connectivity index (χ1v) is 18.9. The summed E-state index contributed by atoms with van der Waals surface area (Å²) in [5.41, 5.74) is 0. The van der Waals surface area contributed by atoms with Gasteiger partial charge in [0, 0.05) is 33.8 Å². The average Bonchev–Trinajstić information content (AvgIpc) is 2.93. The molecule has 0 amide bonds. The van der Waals surface area contributed by atoms with Gasteiger partial charge in [-0.3, -0.25) is 0 Å². The van der Waals surface area contributed by atoms with Crippen LogP contribution in [0.5, 0.6) is 0 Å². The van der Waals surface area contributed by atoms with Gasteiger partial charge in [-0.15, -0.1) is 0 Å². The Morgan fingerprint density at radius 2 is 0.658 bits per heavy atom. The minimum Gasteiger partial charge on any atom is -0.377 e. The summed E-state index contributed by atoms with van der Waals surface area (Å²) < 4.78 is 18.2. The number of unbranched alkanes of at least 4 members (excludes halogenated alkanes) is 20. The van der Waals surface area contributed by atoms with E-state index in [9.17, 15) is 0 Å². The summed E-state index contributed by atoms with van der Waals surface area (Å²) in [7, 11) is 5.24. The van der Waals surface area contributed by atoms with E-state index in [-0.39, 0.29) is 0 Å². The Bertz CT molecular complexity index is 467. The molecule has 230 valence electrons. The van der Waals surface area contributed by atoms with Gasteiger partial charge in [-0.25, -0.2) is 0 Å². The largest absolute Gasteiger partial charge is 0.500 e. The van der Waals surface area contributed by atoms with E-state index in [1.54, 1.807) is 21.3 Å². The molecule has 0 aromatic rings. The second-order valence-corrected chi connectivity index (χ2v) is 15.4. The second-order valence-electron chi connectivity index (χ2n) is 12.3. The van der Waals surface area contributed by atoms with Gasteiger partial charge >= 0.3 is 8.80 Å². The molecule has 0 saturated carbocycles. The first-order chi connectivity index (χ1) is 18.5. The SMILES string of the molecule is CCCCCCCCCCCCCCCCCC[N+](C)(CCCCCCCC)CCC[Si](OC)(OC)OC. The van der Waals surface area contributed by atoms with Gasteiger partial charge in [0.15, 0.2) is 0 Å². The van der Waals surface area contributed by atoms with Crippen LogP contribution in [0.3, 0.4) is 0 Å². The van der Waals surface area contributed by atoms with Crippen molar-refractivity contribution >= 4 is 8.80 Å². The Morgan fingerprint density at radius 1 is 0.395 bits per heavy atom. The van der Waals surface area contributed by atoms with Crippen LogP contribution in [-0.2, 0) is 13.3 Å². The number of quaternary nitrogens is 1. The fourth-order valence-corrected chi connectivity index (χ4v) is 7.59. The Balaban J connectivity index is 4.06. The van der Waals surface area contributed by atoms with Crippen LogP contribution in [0.15, 0.2) is 0 Å². The first-order valence-electron chi connectivity index (χ1n) is 17.0. The van der Waals surface area contributed by atoms with Crippen molar-refractivity contribution in [2.75, 3.05) is 48.0 Å². The standard InChI is InChI=1S/C33H72NO3Si/c1-7-9-11-13-15-16-17-18-19-20-21-22-23-24-26-28-31-34(3,30-27-25-14-12-10-8-2)32-29-33-38(35-4,36-5)37-6/h7-33H2,1-6H3/q+1. The summed E-state index contributed by atoms with van der Waals surface area (Å²) in [5.74, 6) is 0. The molecule has 0 fully saturated rings. The molecule has 0 spiro atoms. The Hall–Kier alpha value is 0.0569. The highest BCUT2D eigenvalue weighted by Gasteiger charge is 2.38. The normalized spacial score (nSPS) is 13.7. The lowest BCUT2D eigenvalue weighted by Gasteiger charge is -2.36. The van der Waals surface area contributed by atoms with Gasteiger partial charge < -0.3 is 17.8 Å². The third kappa shape index (κ3) is 21.8. The quantitative estimate of drug-likeness (QED) is 0.0481. The molecule has 0 aliphatic rings. The summed E-state index contributed by atoms with van der Waals surface area (Å²) in [4.78, 5) is 0. The van der Waals surface area contributed by atoms with E-state index in [0.717, 1.165) is 12.5 Å². The van der Waals surface area contributed by atoms with Gasteiger partial charge in [0.2, 0.25) is 0 Å². The van der Waals surface area contributed by atoms with Crippen LogP contribution in [0.2, 0.25) is 6.04 Å². The average molecular weight is 559 g/mol. The maximum Gasteiger partial charge on any atom is 0.500 e. The van der Waals surface area contributed by atoms with E-state index in [1.807, 2.05) is 0 Å². The minimum atomic E-state index is -2.46. The molecule has 0 bridgehead atoms. The van der Waals surface area contributed by atoms with Crippen molar-refractivity contribution in [1.29, 1.82) is 0 Å². The van der Waals surface area contributed by atoms with E-state index in [0.29, 0.717) is 0 Å². The van der Waals surface area contributed by atoms with Crippen molar-refractivity contribution in [3.63, 3.8) is 0 Å². The fourth-order valence-electron chi connectivity index (χ4n) is 5.88. The van der Waals surface area contributed by atoms with Crippen molar-refractivity contribution < 1.29 is 17.8 Å². The molecule has 1 unspecified atom stereocenters. The second kappa shape index (κ2) is 27.2. The number of nitrogens with zero attached hydrogens (tertiary/aromatic N) is 1. The van der Waals surface area contributed by atoms with E-state index < -0.39 is 8.80 Å². The van der Waals surface area contributed by atoms with E-state index in [1.165, 1.54) is 165 Å². The van der Waals surface area contributed by atoms with Crippen molar-refractivity contribution in [2.24, 2.45) is 0 Å². The Labute approximate surface area is 241 Å². The van der Waals surface area contributed by atoms with Crippen LogP contribution in [-0.4, -0.2) is 61.3 Å². The monoisotopic (exact) mass is 559 g/mol. The van der Waals surface area contributed by atoms with E-state index in [4.69, 9.17) is 13.3 Å². The fraction of sp³-hybridized carbons (Fsp3) is 1.00. The molecule has 4 nitrogen and oxygen atoms in total. The maximum atomic E-state index is 5.67. The highest BCUT2D eigenvalue weighted by atomic mass is 28.4. The Morgan fingerprint density at radius 3 is 0.947 bits per heavy atom. The predicted octanol–water partition coefficient (Wildman–Crippen LogP) is 10.3. The number of hydrogen-bond acceptors (Lipinski definition) is 3. The summed E-state index contributed by atoms with van der Waals surface area (Å²) in [6, 6.07) is 0.916. The summed E-state index contributed by atoms with van der Waals surface area (Å²) in [5, 5.41) is 0. The van der Waals surface area contributed by atoms with Gasteiger partial charge in [0.25, 0.3) is 0 Å². The van der Waals surface area contributed by atoms with Crippen molar-refractivity contribution in [3.05, 3.63) is 0 Å². The van der Waals surface area contributed by atoms with Gasteiger partial charge in [-0.05, 0) is 25.7 Å². The lowest BCUT2D eigenvalue weighted by molar-refractivity contribution is -0.910. The lowest BCUT2D eigenvalue weighted by atomic mass is 10.0. The van der Waals surface area contributed by atoms with Crippen molar-refractivity contribution in [3.8, 4) is 0 Å². The van der Waals surface area contributed by atoms with Gasteiger partial charge in [0.1, 0.15) is 0 Å². The van der Waals surface area contributed by atoms with Gasteiger partial charge in [0.05, 0.1) is 26.7 Å². The molecular weight excluding hydrogens is 486 g/mol. The molecule has 0 saturated heterocycles. The molecule has 0 aliphatic heterocycles. The zero-order valence-electron chi connectivity index (χ0n) is 27.3. The molecule has 0 rings (SSSR count).